The van der Waals surface area contributed by atoms with Gasteiger partial charge in [0, 0.05) is 5.56 Å². The molecule has 0 bridgehead atoms. The molecule has 2 rings (SSSR count). The Labute approximate surface area is 180 Å². The van der Waals surface area contributed by atoms with Crippen LogP contribution in [0.2, 0.25) is 0 Å². The molecular formula is C22H27BrN2O4. The number of hydrogen-bond acceptors (Lipinski definition) is 4. The molecule has 29 heavy (non-hydrogen) atoms. The predicted molar refractivity (Wildman–Crippen MR) is 116 cm³/mol. The van der Waals surface area contributed by atoms with Crippen molar-refractivity contribution < 1.29 is 19.1 Å². The van der Waals surface area contributed by atoms with Crippen LogP contribution >= 0.6 is 15.9 Å². The average Bonchev–Trinajstić information content (AvgIpc) is 2.71. The van der Waals surface area contributed by atoms with Gasteiger partial charge in [-0.05, 0) is 70.6 Å². The smallest absolute Gasteiger partial charge is 0.276 e. The Morgan fingerprint density at radius 1 is 1.07 bits per heavy atom. The fourth-order valence-electron chi connectivity index (χ4n) is 2.40. The van der Waals surface area contributed by atoms with Gasteiger partial charge in [-0.15, -0.1) is 0 Å². The zero-order valence-electron chi connectivity index (χ0n) is 17.0. The van der Waals surface area contributed by atoms with Gasteiger partial charge in [-0.25, -0.2) is 0 Å². The average molecular weight is 463 g/mol. The summed E-state index contributed by atoms with van der Waals surface area (Å²) in [5.74, 6) is 0.836. The van der Waals surface area contributed by atoms with E-state index in [9.17, 15) is 9.59 Å². The van der Waals surface area contributed by atoms with E-state index in [4.69, 9.17) is 9.47 Å². The summed E-state index contributed by atoms with van der Waals surface area (Å²) in [6.07, 6.45) is 1.85. The molecule has 0 unspecified atom stereocenters. The number of ether oxygens (including phenoxy) is 2. The number of nitrogens with one attached hydrogen (secondary N) is 2. The third-order valence-electron chi connectivity index (χ3n) is 4.14. The van der Waals surface area contributed by atoms with Gasteiger partial charge >= 0.3 is 0 Å². The number of aryl methyl sites for hydroxylation is 1. The van der Waals surface area contributed by atoms with Gasteiger partial charge in [0.2, 0.25) is 0 Å². The first-order valence-corrected chi connectivity index (χ1v) is 10.4. The van der Waals surface area contributed by atoms with Gasteiger partial charge in [0.15, 0.2) is 6.61 Å². The maximum atomic E-state index is 12.3. The summed E-state index contributed by atoms with van der Waals surface area (Å²) in [6.45, 7) is 6.68. The van der Waals surface area contributed by atoms with Gasteiger partial charge < -0.3 is 9.47 Å². The minimum absolute atomic E-state index is 0.220. The fraction of sp³-hybridized carbons (Fsp3) is 0.364. The maximum Gasteiger partial charge on any atom is 0.276 e. The minimum Gasteiger partial charge on any atom is -0.494 e. The van der Waals surface area contributed by atoms with Crippen molar-refractivity contribution in [1.29, 1.82) is 0 Å². The molecule has 0 heterocycles. The normalized spacial score (nSPS) is 10.5. The number of halogens is 1. The predicted octanol–water partition coefficient (Wildman–Crippen LogP) is 4.28. The third-order valence-corrected chi connectivity index (χ3v) is 4.76. The van der Waals surface area contributed by atoms with Crippen LogP contribution in [-0.4, -0.2) is 25.0 Å². The first kappa shape index (κ1) is 22.7. The van der Waals surface area contributed by atoms with Crippen molar-refractivity contribution in [2.45, 2.75) is 33.6 Å². The van der Waals surface area contributed by atoms with Gasteiger partial charge in [0.05, 0.1) is 11.1 Å². The lowest BCUT2D eigenvalue weighted by atomic mass is 10.1. The summed E-state index contributed by atoms with van der Waals surface area (Å²) in [4.78, 5) is 24.2. The van der Waals surface area contributed by atoms with Crippen LogP contribution in [0.1, 0.15) is 43.1 Å². The van der Waals surface area contributed by atoms with Crippen LogP contribution in [0.5, 0.6) is 11.5 Å². The standard InChI is InChI=1S/C22H27BrN2O4/c1-4-16-8-9-20(19(23)12-16)29-14-21(26)24-25-22(27)17-6-5-7-18(13-17)28-11-10-15(2)3/h5-9,12-13,15H,4,10-11,14H2,1-3H3,(H,24,26)(H,25,27). The molecule has 0 aliphatic rings. The third kappa shape index (κ3) is 7.77. The topological polar surface area (TPSA) is 76.7 Å². The van der Waals surface area contributed by atoms with Crippen molar-refractivity contribution in [3.63, 3.8) is 0 Å². The van der Waals surface area contributed by atoms with Crippen LogP contribution in [0.4, 0.5) is 0 Å². The van der Waals surface area contributed by atoms with E-state index in [2.05, 4.69) is 47.6 Å². The van der Waals surface area contributed by atoms with Crippen LogP contribution in [-0.2, 0) is 11.2 Å². The first-order chi connectivity index (χ1) is 13.9. The Morgan fingerprint density at radius 3 is 2.55 bits per heavy atom. The SMILES string of the molecule is CCc1ccc(OCC(=O)NNC(=O)c2cccc(OCCC(C)C)c2)c(Br)c1. The molecule has 2 amide bonds. The van der Waals surface area contributed by atoms with Crippen molar-refractivity contribution in [2.75, 3.05) is 13.2 Å². The molecule has 7 heteroatoms. The molecule has 6 nitrogen and oxygen atoms in total. The number of carbonyl (C=O) groups excluding carboxylic acids is 2. The van der Waals surface area contributed by atoms with E-state index in [0.29, 0.717) is 29.6 Å². The molecule has 2 aromatic rings. The number of benzene rings is 2. The molecule has 0 atom stereocenters. The molecule has 0 aromatic heterocycles. The van der Waals surface area contributed by atoms with E-state index in [0.717, 1.165) is 22.9 Å². The molecule has 2 aromatic carbocycles. The number of amides is 2. The summed E-state index contributed by atoms with van der Waals surface area (Å²) in [7, 11) is 0. The second-order valence-corrected chi connectivity index (χ2v) is 7.82. The number of carbonyl (C=O) groups is 2. The van der Waals surface area contributed by atoms with E-state index in [-0.39, 0.29) is 6.61 Å². The van der Waals surface area contributed by atoms with E-state index < -0.39 is 11.8 Å². The van der Waals surface area contributed by atoms with Crippen LogP contribution < -0.4 is 20.3 Å². The highest BCUT2D eigenvalue weighted by Gasteiger charge is 2.10. The van der Waals surface area contributed by atoms with Crippen molar-refractivity contribution in [3.05, 3.63) is 58.1 Å². The van der Waals surface area contributed by atoms with Crippen LogP contribution in [0.25, 0.3) is 0 Å². The van der Waals surface area contributed by atoms with E-state index in [1.807, 2.05) is 12.1 Å². The van der Waals surface area contributed by atoms with E-state index in [1.165, 1.54) is 0 Å². The zero-order chi connectivity index (χ0) is 21.2. The highest BCUT2D eigenvalue weighted by atomic mass is 79.9. The van der Waals surface area contributed by atoms with Crippen LogP contribution in [0.3, 0.4) is 0 Å². The summed E-state index contributed by atoms with van der Waals surface area (Å²) >= 11 is 3.42. The summed E-state index contributed by atoms with van der Waals surface area (Å²) in [5, 5.41) is 0. The Morgan fingerprint density at radius 2 is 1.86 bits per heavy atom. The van der Waals surface area contributed by atoms with Crippen molar-refractivity contribution in [2.24, 2.45) is 5.92 Å². The van der Waals surface area contributed by atoms with Gasteiger partial charge in [-0.2, -0.15) is 0 Å². The Bertz CT molecular complexity index is 839. The fourth-order valence-corrected chi connectivity index (χ4v) is 2.94. The molecule has 0 fully saturated rings. The van der Waals surface area contributed by atoms with Gasteiger partial charge in [-0.3, -0.25) is 20.4 Å². The molecule has 2 N–H and O–H groups in total. The molecule has 0 spiro atoms. The first-order valence-electron chi connectivity index (χ1n) is 9.62. The molecular weight excluding hydrogens is 436 g/mol. The van der Waals surface area contributed by atoms with Gasteiger partial charge in [0.1, 0.15) is 11.5 Å². The molecule has 0 aliphatic heterocycles. The van der Waals surface area contributed by atoms with Crippen molar-refractivity contribution in [1.82, 2.24) is 10.9 Å². The molecule has 156 valence electrons. The summed E-state index contributed by atoms with van der Waals surface area (Å²) in [5.41, 5.74) is 6.29. The number of rotatable bonds is 9. The van der Waals surface area contributed by atoms with E-state index in [1.54, 1.807) is 30.3 Å². The lowest BCUT2D eigenvalue weighted by molar-refractivity contribution is -0.123. The lowest BCUT2D eigenvalue weighted by Gasteiger charge is -2.11. The van der Waals surface area contributed by atoms with Gasteiger partial charge in [-0.1, -0.05) is 32.9 Å². The largest absolute Gasteiger partial charge is 0.494 e. The van der Waals surface area contributed by atoms with Crippen molar-refractivity contribution >= 4 is 27.7 Å². The number of hydrogen-bond donors (Lipinski definition) is 2. The van der Waals surface area contributed by atoms with Crippen LogP contribution in [0, 0.1) is 5.92 Å². The summed E-state index contributed by atoms with van der Waals surface area (Å²) in [6, 6.07) is 12.5. The minimum atomic E-state index is -0.464. The van der Waals surface area contributed by atoms with Gasteiger partial charge in [0.25, 0.3) is 11.8 Å². The molecule has 0 saturated carbocycles. The second kappa shape index (κ2) is 11.5. The van der Waals surface area contributed by atoms with E-state index >= 15 is 0 Å². The maximum absolute atomic E-state index is 12.3. The lowest BCUT2D eigenvalue weighted by Crippen LogP contribution is -2.43. The highest BCUT2D eigenvalue weighted by molar-refractivity contribution is 9.10. The van der Waals surface area contributed by atoms with Crippen molar-refractivity contribution in [3.8, 4) is 11.5 Å². The quantitative estimate of drug-likeness (QED) is 0.545. The second-order valence-electron chi connectivity index (χ2n) is 6.97. The molecule has 0 aliphatic carbocycles. The monoisotopic (exact) mass is 462 g/mol. The zero-order valence-corrected chi connectivity index (χ0v) is 18.5. The Balaban J connectivity index is 1.80. The molecule has 0 saturated heterocycles. The van der Waals surface area contributed by atoms with Crippen LogP contribution in [0.15, 0.2) is 46.9 Å². The number of hydrazine groups is 1. The molecule has 0 radical (unpaired) electrons. The Kier molecular flexibility index (Phi) is 8.99. The summed E-state index contributed by atoms with van der Waals surface area (Å²) < 4.78 is 11.9. The highest BCUT2D eigenvalue weighted by Crippen LogP contribution is 2.26. The Hall–Kier alpha value is -2.54.